The van der Waals surface area contributed by atoms with Crippen molar-refractivity contribution in [3.63, 3.8) is 0 Å². The molecule has 2 N–H and O–H groups in total. The smallest absolute Gasteiger partial charge is 0.129 e. The van der Waals surface area contributed by atoms with E-state index in [0.717, 1.165) is 50.6 Å². The lowest BCUT2D eigenvalue weighted by Crippen LogP contribution is -2.62. The first-order valence-electron chi connectivity index (χ1n) is 13.0. The molecule has 8 atom stereocenters. The summed E-state index contributed by atoms with van der Waals surface area (Å²) in [5.41, 5.74) is 0.841. The van der Waals surface area contributed by atoms with Gasteiger partial charge in [0.2, 0.25) is 0 Å². The molecule has 4 saturated carbocycles. The topological polar surface area (TPSA) is 65.3 Å². The number of nitrogens with zero attached hydrogens (tertiary/aromatic N) is 2. The molecule has 182 valence electrons. The van der Waals surface area contributed by atoms with Gasteiger partial charge in [0.25, 0.3) is 0 Å². The molecule has 32 heavy (non-hydrogen) atoms. The van der Waals surface area contributed by atoms with Gasteiger partial charge in [-0.3, -0.25) is 0 Å². The van der Waals surface area contributed by atoms with E-state index in [-0.39, 0.29) is 16.9 Å². The molecule has 0 aromatic carbocycles. The number of rotatable bonds is 6. The molecule has 4 fully saturated rings. The Kier molecular flexibility index (Phi) is 6.84. The van der Waals surface area contributed by atoms with Crippen LogP contribution in [0.25, 0.3) is 0 Å². The third-order valence-electron chi connectivity index (χ3n) is 10.2. The molecular formula is C27H46N2O3. The Morgan fingerprint density at radius 1 is 1.09 bits per heavy atom. The first-order chi connectivity index (χ1) is 15.1. The highest BCUT2D eigenvalue weighted by Gasteiger charge is 2.65. The van der Waals surface area contributed by atoms with Crippen LogP contribution in [0.3, 0.4) is 0 Å². The molecule has 0 saturated heterocycles. The van der Waals surface area contributed by atoms with Gasteiger partial charge in [-0.25, -0.2) is 0 Å². The van der Waals surface area contributed by atoms with Crippen molar-refractivity contribution in [2.75, 3.05) is 27.2 Å². The molecule has 4 rings (SSSR count). The zero-order valence-electron chi connectivity index (χ0n) is 21.0. The average molecular weight is 447 g/mol. The van der Waals surface area contributed by atoms with Gasteiger partial charge in [0.15, 0.2) is 0 Å². The number of likely N-dealkylation sites (N-methyl/N-ethyl adjacent to an activating group) is 1. The fourth-order valence-corrected chi connectivity index (χ4v) is 8.35. The second kappa shape index (κ2) is 9.03. The van der Waals surface area contributed by atoms with E-state index in [4.69, 9.17) is 4.84 Å². The molecule has 0 aromatic rings. The van der Waals surface area contributed by atoms with Gasteiger partial charge in [-0.1, -0.05) is 25.1 Å². The van der Waals surface area contributed by atoms with E-state index in [1.54, 1.807) is 0 Å². The predicted molar refractivity (Wildman–Crippen MR) is 129 cm³/mol. The maximum absolute atomic E-state index is 12.0. The first kappa shape index (κ1) is 24.2. The molecule has 0 aromatic heterocycles. The quantitative estimate of drug-likeness (QED) is 0.355. The Balaban J connectivity index is 1.56. The summed E-state index contributed by atoms with van der Waals surface area (Å²) in [5, 5.41) is 26.9. The number of hydrogen-bond acceptors (Lipinski definition) is 5. The minimum absolute atomic E-state index is 0.101. The highest BCUT2D eigenvalue weighted by Crippen LogP contribution is 2.68. The van der Waals surface area contributed by atoms with Crippen LogP contribution < -0.4 is 0 Å². The normalized spacial score (nSPS) is 46.8. The molecule has 5 nitrogen and oxygen atoms in total. The minimum Gasteiger partial charge on any atom is -0.394 e. The summed E-state index contributed by atoms with van der Waals surface area (Å²) in [6.07, 6.45) is 13.6. The van der Waals surface area contributed by atoms with E-state index < -0.39 is 5.60 Å². The number of hydrogen-bond donors (Lipinski definition) is 2. The molecular weight excluding hydrogens is 400 g/mol. The van der Waals surface area contributed by atoms with Crippen LogP contribution in [0.4, 0.5) is 0 Å². The molecule has 0 bridgehead atoms. The van der Waals surface area contributed by atoms with Crippen LogP contribution in [0.15, 0.2) is 16.8 Å². The van der Waals surface area contributed by atoms with Gasteiger partial charge in [-0.15, -0.1) is 0 Å². The lowest BCUT2D eigenvalue weighted by Gasteiger charge is -2.64. The number of aliphatic hydroxyl groups excluding tert-OH is 1. The minimum atomic E-state index is -0.495. The molecule has 5 heteroatoms. The van der Waals surface area contributed by atoms with Crippen LogP contribution in [-0.2, 0) is 4.84 Å². The van der Waals surface area contributed by atoms with E-state index in [1.165, 1.54) is 19.3 Å². The number of fused-ring (bicyclic) bond motifs is 5. The molecule has 0 heterocycles. The van der Waals surface area contributed by atoms with Gasteiger partial charge in [0, 0.05) is 6.54 Å². The van der Waals surface area contributed by atoms with E-state index in [9.17, 15) is 10.2 Å². The maximum atomic E-state index is 12.0. The lowest BCUT2D eigenvalue weighted by molar-refractivity contribution is -0.211. The van der Waals surface area contributed by atoms with Crippen molar-refractivity contribution < 1.29 is 15.1 Å². The van der Waals surface area contributed by atoms with Gasteiger partial charge in [-0.05, 0) is 119 Å². The summed E-state index contributed by atoms with van der Waals surface area (Å²) < 4.78 is 0. The maximum Gasteiger partial charge on any atom is 0.129 e. The van der Waals surface area contributed by atoms with Crippen molar-refractivity contribution in [1.29, 1.82) is 0 Å². The largest absolute Gasteiger partial charge is 0.394 e. The van der Waals surface area contributed by atoms with Crippen LogP contribution >= 0.6 is 0 Å². The average Bonchev–Trinajstić information content (AvgIpc) is 3.03. The molecule has 4 aliphatic rings. The summed E-state index contributed by atoms with van der Waals surface area (Å²) in [5.74, 6) is 1.78. The SMILES string of the molecule is CC(/C=N/OCCN(C)C)=C\C1C[C@H](O)C[C@H]2CC[C@@H]3[C@H](CC[C@]4(C)CCC[C@]34O)[C@@]12C. The highest BCUT2D eigenvalue weighted by molar-refractivity contribution is 5.77. The van der Waals surface area contributed by atoms with Crippen LogP contribution in [0.2, 0.25) is 0 Å². The fraction of sp³-hybridized carbons (Fsp3) is 0.889. The third-order valence-corrected chi connectivity index (χ3v) is 10.2. The molecule has 1 unspecified atom stereocenters. The van der Waals surface area contributed by atoms with E-state index in [2.05, 4.69) is 36.9 Å². The summed E-state index contributed by atoms with van der Waals surface area (Å²) in [4.78, 5) is 7.50. The van der Waals surface area contributed by atoms with Crippen LogP contribution in [0.1, 0.15) is 78.6 Å². The van der Waals surface area contributed by atoms with Crippen molar-refractivity contribution in [3.8, 4) is 0 Å². The van der Waals surface area contributed by atoms with Gasteiger partial charge in [-0.2, -0.15) is 0 Å². The predicted octanol–water partition coefficient (Wildman–Crippen LogP) is 4.63. The van der Waals surface area contributed by atoms with E-state index in [1.807, 2.05) is 20.3 Å². The summed E-state index contributed by atoms with van der Waals surface area (Å²) in [6.45, 7) is 8.37. The third kappa shape index (κ3) is 4.07. The number of aliphatic hydroxyl groups is 2. The molecule has 4 aliphatic carbocycles. The van der Waals surface area contributed by atoms with Crippen molar-refractivity contribution >= 4 is 6.21 Å². The van der Waals surface area contributed by atoms with Crippen molar-refractivity contribution in [1.82, 2.24) is 4.90 Å². The monoisotopic (exact) mass is 446 g/mol. The number of oxime groups is 1. The van der Waals surface area contributed by atoms with Crippen LogP contribution in [0.5, 0.6) is 0 Å². The second-order valence-corrected chi connectivity index (χ2v) is 12.2. The second-order valence-electron chi connectivity index (χ2n) is 12.2. The summed E-state index contributed by atoms with van der Waals surface area (Å²) in [7, 11) is 4.05. The highest BCUT2D eigenvalue weighted by atomic mass is 16.6. The van der Waals surface area contributed by atoms with Crippen molar-refractivity contribution in [3.05, 3.63) is 11.6 Å². The van der Waals surface area contributed by atoms with Crippen LogP contribution in [-0.4, -0.2) is 60.3 Å². The van der Waals surface area contributed by atoms with E-state index >= 15 is 0 Å². The molecule has 0 amide bonds. The van der Waals surface area contributed by atoms with E-state index in [0.29, 0.717) is 30.3 Å². The van der Waals surface area contributed by atoms with Gasteiger partial charge >= 0.3 is 0 Å². The zero-order chi connectivity index (χ0) is 23.1. The van der Waals surface area contributed by atoms with Crippen LogP contribution in [0, 0.1) is 34.5 Å². The summed E-state index contributed by atoms with van der Waals surface area (Å²) in [6, 6.07) is 0. The van der Waals surface area contributed by atoms with Crippen molar-refractivity contribution in [2.24, 2.45) is 39.7 Å². The standard InChI is InChI=1S/C27H46N2O3/c1-19(18-28-32-14-13-29(4)5)15-21-17-22(30)16-20-7-8-24-23(26(20,21)3)9-12-25(2)10-6-11-27(24,25)31/h15,18,20-24,30-31H,6-14,16-17H2,1-5H3/b19-15+,28-18+/t20-,21?,22-,23+,24-,25+,26-,27+/m1/s1. The van der Waals surface area contributed by atoms with Crippen molar-refractivity contribution in [2.45, 2.75) is 90.3 Å². The number of allylic oxidation sites excluding steroid dienone is 2. The Labute approximate surface area is 195 Å². The lowest BCUT2D eigenvalue weighted by atomic mass is 9.41. The molecule has 0 radical (unpaired) electrons. The molecule has 0 aliphatic heterocycles. The first-order valence-corrected chi connectivity index (χ1v) is 13.0. The van der Waals surface area contributed by atoms with Gasteiger partial charge in [0.1, 0.15) is 6.61 Å². The molecule has 0 spiro atoms. The van der Waals surface area contributed by atoms with Gasteiger partial charge in [0.05, 0.1) is 17.9 Å². The zero-order valence-corrected chi connectivity index (χ0v) is 21.0. The fourth-order valence-electron chi connectivity index (χ4n) is 8.35. The summed E-state index contributed by atoms with van der Waals surface area (Å²) >= 11 is 0. The Morgan fingerprint density at radius 3 is 2.62 bits per heavy atom. The Hall–Kier alpha value is -0.910. The Morgan fingerprint density at radius 2 is 1.88 bits per heavy atom. The van der Waals surface area contributed by atoms with Gasteiger partial charge < -0.3 is 20.0 Å². The Bertz CT molecular complexity index is 736.